The van der Waals surface area contributed by atoms with Gasteiger partial charge in [-0.05, 0) is 32.8 Å². The van der Waals surface area contributed by atoms with Crippen LogP contribution in [0.2, 0.25) is 0 Å². The highest BCUT2D eigenvalue weighted by atomic mass is 16.5. The van der Waals surface area contributed by atoms with Crippen molar-refractivity contribution in [3.05, 3.63) is 46.6 Å². The van der Waals surface area contributed by atoms with Crippen molar-refractivity contribution in [3.8, 4) is 0 Å². The third-order valence-corrected chi connectivity index (χ3v) is 3.47. The van der Waals surface area contributed by atoms with E-state index in [1.165, 1.54) is 16.7 Å². The van der Waals surface area contributed by atoms with Gasteiger partial charge in [0, 0.05) is 6.42 Å². The Labute approximate surface area is 119 Å². The number of hydrogen-bond donors (Lipinski definition) is 1. The molecule has 0 saturated carbocycles. The summed E-state index contributed by atoms with van der Waals surface area (Å²) >= 11 is 0. The van der Waals surface area contributed by atoms with Crippen LogP contribution < -0.4 is 0 Å². The van der Waals surface area contributed by atoms with Crippen molar-refractivity contribution in [2.75, 3.05) is 0 Å². The summed E-state index contributed by atoms with van der Waals surface area (Å²) in [6, 6.07) is 6.41. The molecule has 108 valence electrons. The van der Waals surface area contributed by atoms with E-state index in [0.29, 0.717) is 18.1 Å². The monoisotopic (exact) mass is 274 g/mol. The number of nitrogens with zero attached hydrogens (tertiary/aromatic N) is 2. The van der Waals surface area contributed by atoms with Crippen LogP contribution in [0.25, 0.3) is 0 Å². The van der Waals surface area contributed by atoms with Crippen LogP contribution in [-0.2, 0) is 6.42 Å². The first-order valence-electron chi connectivity index (χ1n) is 7.07. The van der Waals surface area contributed by atoms with Crippen LogP contribution in [0.15, 0.2) is 22.7 Å². The lowest BCUT2D eigenvalue weighted by Crippen LogP contribution is -2.14. The Morgan fingerprint density at radius 2 is 1.85 bits per heavy atom. The van der Waals surface area contributed by atoms with Crippen molar-refractivity contribution in [1.29, 1.82) is 0 Å². The van der Waals surface area contributed by atoms with E-state index in [4.69, 9.17) is 4.52 Å². The first-order chi connectivity index (χ1) is 9.49. The third kappa shape index (κ3) is 3.45. The lowest BCUT2D eigenvalue weighted by atomic mass is 10.0. The second-order valence-corrected chi connectivity index (χ2v) is 5.48. The van der Waals surface area contributed by atoms with Crippen LogP contribution >= 0.6 is 0 Å². The Balaban J connectivity index is 2.17. The van der Waals surface area contributed by atoms with E-state index < -0.39 is 6.10 Å². The Kier molecular flexibility index (Phi) is 4.55. The second kappa shape index (κ2) is 6.18. The van der Waals surface area contributed by atoms with Gasteiger partial charge in [-0.15, -0.1) is 0 Å². The van der Waals surface area contributed by atoms with Crippen LogP contribution in [0.3, 0.4) is 0 Å². The zero-order chi connectivity index (χ0) is 14.7. The van der Waals surface area contributed by atoms with Crippen LogP contribution in [0.1, 0.15) is 54.6 Å². The van der Waals surface area contributed by atoms with Crippen LogP contribution in [0.5, 0.6) is 0 Å². The van der Waals surface area contributed by atoms with Gasteiger partial charge in [0.05, 0.1) is 12.0 Å². The number of aryl methyl sites for hydroxylation is 2. The molecule has 0 amide bonds. The summed E-state index contributed by atoms with van der Waals surface area (Å²) in [4.78, 5) is 4.42. The molecule has 4 heteroatoms. The molecule has 1 aromatic carbocycles. The molecule has 4 nitrogen and oxygen atoms in total. The fraction of sp³-hybridized carbons (Fsp3) is 0.500. The van der Waals surface area contributed by atoms with Crippen molar-refractivity contribution < 1.29 is 9.63 Å². The van der Waals surface area contributed by atoms with E-state index in [1.807, 2.05) is 6.92 Å². The van der Waals surface area contributed by atoms with Crippen molar-refractivity contribution in [1.82, 2.24) is 10.1 Å². The fourth-order valence-corrected chi connectivity index (χ4v) is 2.57. The van der Waals surface area contributed by atoms with Gasteiger partial charge >= 0.3 is 0 Å². The normalized spacial score (nSPS) is 14.2. The van der Waals surface area contributed by atoms with Crippen molar-refractivity contribution >= 4 is 0 Å². The minimum atomic E-state index is -0.477. The van der Waals surface area contributed by atoms with Crippen molar-refractivity contribution in [2.45, 2.75) is 52.6 Å². The number of aliphatic hydroxyl groups is 1. The largest absolute Gasteiger partial charge is 0.393 e. The van der Waals surface area contributed by atoms with E-state index >= 15 is 0 Å². The first-order valence-corrected chi connectivity index (χ1v) is 7.07. The molecule has 2 rings (SSSR count). The molecule has 2 unspecified atom stereocenters. The van der Waals surface area contributed by atoms with Gasteiger partial charge in [-0.25, -0.2) is 0 Å². The number of benzene rings is 1. The Morgan fingerprint density at radius 3 is 2.40 bits per heavy atom. The van der Waals surface area contributed by atoms with Crippen LogP contribution in [0, 0.1) is 13.8 Å². The fourth-order valence-electron chi connectivity index (χ4n) is 2.57. The van der Waals surface area contributed by atoms with Gasteiger partial charge in [-0.1, -0.05) is 41.4 Å². The smallest absolute Gasteiger partial charge is 0.232 e. The minimum Gasteiger partial charge on any atom is -0.393 e. The topological polar surface area (TPSA) is 59.2 Å². The molecule has 0 saturated heterocycles. The summed E-state index contributed by atoms with van der Waals surface area (Å²) in [5.41, 5.74) is 3.65. The predicted octanol–water partition coefficient (Wildman–Crippen LogP) is 3.15. The van der Waals surface area contributed by atoms with Crippen molar-refractivity contribution in [3.63, 3.8) is 0 Å². The molecule has 2 aromatic rings. The molecular formula is C16H22N2O2. The van der Waals surface area contributed by atoms with Gasteiger partial charge in [0.1, 0.15) is 0 Å². The Bertz CT molecular complexity index is 555. The van der Waals surface area contributed by atoms with E-state index in [1.54, 1.807) is 6.92 Å². The highest BCUT2D eigenvalue weighted by Crippen LogP contribution is 2.22. The minimum absolute atomic E-state index is 0.0875. The Hall–Kier alpha value is -1.68. The third-order valence-electron chi connectivity index (χ3n) is 3.47. The average Bonchev–Trinajstić information content (AvgIpc) is 2.76. The lowest BCUT2D eigenvalue weighted by molar-refractivity contribution is 0.141. The van der Waals surface area contributed by atoms with Gasteiger partial charge in [0.2, 0.25) is 5.89 Å². The van der Waals surface area contributed by atoms with Gasteiger partial charge < -0.3 is 9.63 Å². The maximum Gasteiger partial charge on any atom is 0.232 e. The summed E-state index contributed by atoms with van der Waals surface area (Å²) in [7, 11) is 0. The summed E-state index contributed by atoms with van der Waals surface area (Å²) < 4.78 is 5.29. The summed E-state index contributed by atoms with van der Waals surface area (Å²) in [6.07, 6.45) is 0.958. The molecule has 0 aliphatic carbocycles. The molecule has 0 spiro atoms. The molecule has 0 radical (unpaired) electrons. The highest BCUT2D eigenvalue weighted by Gasteiger charge is 2.22. The Morgan fingerprint density at radius 1 is 1.20 bits per heavy atom. The van der Waals surface area contributed by atoms with Crippen LogP contribution in [-0.4, -0.2) is 21.4 Å². The molecule has 1 aromatic heterocycles. The highest BCUT2D eigenvalue weighted by molar-refractivity contribution is 5.30. The molecule has 0 aliphatic rings. The maximum absolute atomic E-state index is 9.71. The number of aromatic nitrogens is 2. The molecular weight excluding hydrogens is 252 g/mol. The standard InChI is InChI=1S/C16H22N2O2/c1-5-14(12(4)19)16-17-15(18-20-16)9-13-7-10(2)6-11(3)8-13/h6-8,12,14,19H,5,9H2,1-4H3. The van der Waals surface area contributed by atoms with Gasteiger partial charge in [-0.3, -0.25) is 0 Å². The van der Waals surface area contributed by atoms with Crippen molar-refractivity contribution in [2.24, 2.45) is 0 Å². The molecule has 0 bridgehead atoms. The average molecular weight is 274 g/mol. The summed E-state index contributed by atoms with van der Waals surface area (Å²) in [5, 5.41) is 13.7. The number of hydrogen-bond acceptors (Lipinski definition) is 4. The second-order valence-electron chi connectivity index (χ2n) is 5.48. The van der Waals surface area contributed by atoms with E-state index in [0.717, 1.165) is 6.42 Å². The van der Waals surface area contributed by atoms with E-state index in [-0.39, 0.29) is 5.92 Å². The van der Waals surface area contributed by atoms with Gasteiger partial charge in [0.25, 0.3) is 0 Å². The van der Waals surface area contributed by atoms with Gasteiger partial charge in [-0.2, -0.15) is 4.98 Å². The number of aliphatic hydroxyl groups excluding tert-OH is 1. The zero-order valence-electron chi connectivity index (χ0n) is 12.6. The number of rotatable bonds is 5. The maximum atomic E-state index is 9.71. The molecule has 0 fully saturated rings. The molecule has 1 heterocycles. The van der Waals surface area contributed by atoms with E-state index in [9.17, 15) is 5.11 Å². The molecule has 0 aliphatic heterocycles. The SMILES string of the molecule is CCC(c1nc(Cc2cc(C)cc(C)c2)no1)C(C)O. The van der Waals surface area contributed by atoms with E-state index in [2.05, 4.69) is 42.2 Å². The molecule has 20 heavy (non-hydrogen) atoms. The zero-order valence-corrected chi connectivity index (χ0v) is 12.6. The first kappa shape index (κ1) is 14.7. The summed E-state index contributed by atoms with van der Waals surface area (Å²) in [6.45, 7) is 7.92. The van der Waals surface area contributed by atoms with Crippen LogP contribution in [0.4, 0.5) is 0 Å². The molecule has 1 N–H and O–H groups in total. The summed E-state index contributed by atoms with van der Waals surface area (Å²) in [5.74, 6) is 1.11. The predicted molar refractivity (Wildman–Crippen MR) is 77.7 cm³/mol. The quantitative estimate of drug-likeness (QED) is 0.910. The lowest BCUT2D eigenvalue weighted by Gasteiger charge is -2.12. The molecule has 2 atom stereocenters. The van der Waals surface area contributed by atoms with Gasteiger partial charge in [0.15, 0.2) is 5.82 Å².